The van der Waals surface area contributed by atoms with Gasteiger partial charge in [-0.15, -0.1) is 0 Å². The Morgan fingerprint density at radius 3 is 2.24 bits per heavy atom. The van der Waals surface area contributed by atoms with Crippen molar-refractivity contribution in [3.8, 4) is 11.5 Å². The first kappa shape index (κ1) is 17.3. The summed E-state index contributed by atoms with van der Waals surface area (Å²) in [5, 5.41) is 0. The quantitative estimate of drug-likeness (QED) is 0.376. The van der Waals surface area contributed by atoms with Crippen molar-refractivity contribution in [1.82, 2.24) is 0 Å². The smallest absolute Gasteiger partial charge is 0.373 e. The van der Waals surface area contributed by atoms with Gasteiger partial charge in [-0.25, -0.2) is 4.79 Å². The van der Waals surface area contributed by atoms with Gasteiger partial charge in [-0.2, -0.15) is 4.89 Å². The van der Waals surface area contributed by atoms with E-state index in [0.717, 1.165) is 12.8 Å². The number of carbonyl (C=O) groups excluding carboxylic acids is 1. The second-order valence-corrected chi connectivity index (χ2v) is 4.26. The molecule has 0 unspecified atom stereocenters. The average molecular weight is 298 g/mol. The maximum absolute atomic E-state index is 11.8. The summed E-state index contributed by atoms with van der Waals surface area (Å²) < 4.78 is 15.4. The van der Waals surface area contributed by atoms with E-state index in [0.29, 0.717) is 24.7 Å². The van der Waals surface area contributed by atoms with Crippen molar-refractivity contribution in [2.24, 2.45) is 0 Å². The van der Waals surface area contributed by atoms with E-state index >= 15 is 0 Å². The van der Waals surface area contributed by atoms with Crippen LogP contribution in [0, 0.1) is 0 Å². The summed E-state index contributed by atoms with van der Waals surface area (Å²) in [4.78, 5) is 21.3. The van der Waals surface area contributed by atoms with Crippen molar-refractivity contribution < 1.29 is 28.8 Å². The highest BCUT2D eigenvalue weighted by molar-refractivity contribution is 5.90. The van der Waals surface area contributed by atoms with Gasteiger partial charge in [0.2, 0.25) is 0 Å². The Labute approximate surface area is 124 Å². The Hall–Kier alpha value is -1.79. The summed E-state index contributed by atoms with van der Waals surface area (Å²) in [6.45, 7) is 3.34. The van der Waals surface area contributed by atoms with Crippen molar-refractivity contribution in [2.45, 2.75) is 19.8 Å². The molecule has 0 spiro atoms. The lowest BCUT2D eigenvalue weighted by atomic mass is 10.2. The molecule has 0 N–H and O–H groups in total. The van der Waals surface area contributed by atoms with E-state index in [-0.39, 0.29) is 12.2 Å². The van der Waals surface area contributed by atoms with Crippen LogP contribution in [-0.4, -0.2) is 40.0 Å². The highest BCUT2D eigenvalue weighted by Crippen LogP contribution is 2.22. The molecule has 0 bridgehead atoms. The third-order valence-corrected chi connectivity index (χ3v) is 2.67. The van der Waals surface area contributed by atoms with Crippen LogP contribution < -0.4 is 9.47 Å². The highest BCUT2D eigenvalue weighted by atomic mass is 17.2. The van der Waals surface area contributed by atoms with Crippen LogP contribution in [0.25, 0.3) is 0 Å². The predicted molar refractivity (Wildman–Crippen MR) is 76.6 cm³/mol. The summed E-state index contributed by atoms with van der Waals surface area (Å²) in [5.41, 5.74) is 0.290. The van der Waals surface area contributed by atoms with Gasteiger partial charge < -0.3 is 14.2 Å². The molecule has 118 valence electrons. The molecule has 0 aliphatic rings. The molecule has 0 atom stereocenters. The molecule has 0 radical (unpaired) electrons. The molecule has 0 fully saturated rings. The molecular formula is C15H22O6. The number of hydrogen-bond donors (Lipinski definition) is 0. The van der Waals surface area contributed by atoms with Gasteiger partial charge in [0.1, 0.15) is 18.1 Å². The van der Waals surface area contributed by atoms with Crippen LogP contribution in [0.1, 0.15) is 30.1 Å². The normalized spacial score (nSPS) is 10.2. The van der Waals surface area contributed by atoms with Gasteiger partial charge in [-0.3, -0.25) is 4.89 Å². The fourth-order valence-corrected chi connectivity index (χ4v) is 1.51. The van der Waals surface area contributed by atoms with Crippen LogP contribution >= 0.6 is 0 Å². The van der Waals surface area contributed by atoms with Gasteiger partial charge >= 0.3 is 5.97 Å². The topological polar surface area (TPSA) is 63.2 Å². The minimum absolute atomic E-state index is 0.191. The highest BCUT2D eigenvalue weighted by Gasteiger charge is 2.12. The number of benzene rings is 1. The summed E-state index contributed by atoms with van der Waals surface area (Å²) in [6.07, 6.45) is 2.08. The molecule has 0 aromatic heterocycles. The van der Waals surface area contributed by atoms with Crippen LogP contribution in [0.15, 0.2) is 18.2 Å². The molecule has 0 aliphatic carbocycles. The first-order valence-electron chi connectivity index (χ1n) is 6.85. The zero-order chi connectivity index (χ0) is 15.5. The molecule has 1 rings (SSSR count). The van der Waals surface area contributed by atoms with Crippen LogP contribution in [0.4, 0.5) is 0 Å². The largest absolute Gasteiger partial charge is 0.497 e. The molecule has 1 aromatic carbocycles. The molecule has 0 heterocycles. The Kier molecular flexibility index (Phi) is 8.23. The number of rotatable bonds is 10. The van der Waals surface area contributed by atoms with Gasteiger partial charge in [0.05, 0.1) is 26.4 Å². The molecule has 21 heavy (non-hydrogen) atoms. The summed E-state index contributed by atoms with van der Waals surface area (Å²) >= 11 is 0. The van der Waals surface area contributed by atoms with Crippen LogP contribution in [-0.2, 0) is 14.5 Å². The average Bonchev–Trinajstić information content (AvgIpc) is 2.53. The van der Waals surface area contributed by atoms with Crippen LogP contribution in [0.3, 0.4) is 0 Å². The van der Waals surface area contributed by atoms with E-state index in [1.54, 1.807) is 18.2 Å². The van der Waals surface area contributed by atoms with Crippen LogP contribution in [0.5, 0.6) is 11.5 Å². The van der Waals surface area contributed by atoms with Crippen molar-refractivity contribution in [3.05, 3.63) is 23.8 Å². The fourth-order valence-electron chi connectivity index (χ4n) is 1.51. The fraction of sp³-hybridized carbons (Fsp3) is 0.533. The van der Waals surface area contributed by atoms with Gasteiger partial charge in [0, 0.05) is 12.7 Å². The number of methoxy groups -OCH3 is 2. The van der Waals surface area contributed by atoms with E-state index in [1.807, 2.05) is 0 Å². The second-order valence-electron chi connectivity index (χ2n) is 4.26. The summed E-state index contributed by atoms with van der Waals surface area (Å²) in [7, 11) is 3.02. The maximum Gasteiger partial charge on any atom is 0.373 e. The van der Waals surface area contributed by atoms with E-state index in [1.165, 1.54) is 14.2 Å². The predicted octanol–water partition coefficient (Wildman–Crippen LogP) is 2.61. The molecule has 1 aromatic rings. The minimum Gasteiger partial charge on any atom is -0.497 e. The van der Waals surface area contributed by atoms with Gasteiger partial charge in [0.15, 0.2) is 0 Å². The number of unbranched alkanes of at least 4 members (excludes halogenated alkanes) is 1. The standard InChI is InChI=1S/C15H22O6/c1-4-5-6-19-7-8-20-21-15(16)12-9-13(17-2)11-14(10-12)18-3/h9-11H,4-8H2,1-3H3. The Morgan fingerprint density at radius 1 is 1.00 bits per heavy atom. The molecule has 0 amide bonds. The SMILES string of the molecule is CCCCOCCOOC(=O)c1cc(OC)cc(OC)c1. The van der Waals surface area contributed by atoms with Gasteiger partial charge in [-0.1, -0.05) is 13.3 Å². The molecule has 0 saturated heterocycles. The van der Waals surface area contributed by atoms with E-state index in [2.05, 4.69) is 6.92 Å². The Balaban J connectivity index is 2.38. The van der Waals surface area contributed by atoms with E-state index in [9.17, 15) is 4.79 Å². The number of ether oxygens (including phenoxy) is 3. The zero-order valence-corrected chi connectivity index (χ0v) is 12.7. The third-order valence-electron chi connectivity index (χ3n) is 2.67. The number of hydrogen-bond acceptors (Lipinski definition) is 6. The lowest BCUT2D eigenvalue weighted by molar-refractivity contribution is -0.247. The molecular weight excluding hydrogens is 276 g/mol. The first-order valence-corrected chi connectivity index (χ1v) is 6.85. The van der Waals surface area contributed by atoms with Crippen molar-refractivity contribution in [1.29, 1.82) is 0 Å². The Morgan fingerprint density at radius 2 is 1.67 bits per heavy atom. The Bertz CT molecular complexity index is 410. The van der Waals surface area contributed by atoms with Crippen molar-refractivity contribution in [3.63, 3.8) is 0 Å². The maximum atomic E-state index is 11.8. The molecule has 0 aliphatic heterocycles. The van der Waals surface area contributed by atoms with Crippen LogP contribution in [0.2, 0.25) is 0 Å². The third kappa shape index (κ3) is 6.46. The van der Waals surface area contributed by atoms with Crippen molar-refractivity contribution >= 4 is 5.97 Å². The summed E-state index contributed by atoms with van der Waals surface area (Å²) in [6, 6.07) is 4.76. The van der Waals surface area contributed by atoms with Gasteiger partial charge in [-0.05, 0) is 18.6 Å². The minimum atomic E-state index is -0.610. The van der Waals surface area contributed by atoms with Gasteiger partial charge in [0.25, 0.3) is 0 Å². The second kappa shape index (κ2) is 10.0. The molecule has 6 nitrogen and oxygen atoms in total. The molecule has 0 saturated carbocycles. The monoisotopic (exact) mass is 298 g/mol. The summed E-state index contributed by atoms with van der Waals surface area (Å²) in [5.74, 6) is 0.397. The molecule has 6 heteroatoms. The number of carbonyl (C=O) groups is 1. The lowest BCUT2D eigenvalue weighted by Crippen LogP contribution is -2.11. The van der Waals surface area contributed by atoms with E-state index in [4.69, 9.17) is 24.0 Å². The van der Waals surface area contributed by atoms with Crippen molar-refractivity contribution in [2.75, 3.05) is 34.0 Å². The van der Waals surface area contributed by atoms with E-state index < -0.39 is 5.97 Å². The lowest BCUT2D eigenvalue weighted by Gasteiger charge is -2.08. The zero-order valence-electron chi connectivity index (χ0n) is 12.7. The first-order chi connectivity index (χ1) is 10.2.